The minimum Gasteiger partial charge on any atom is -0.349 e. The van der Waals surface area contributed by atoms with E-state index in [1.54, 1.807) is 0 Å². The van der Waals surface area contributed by atoms with E-state index in [0.717, 1.165) is 16.7 Å². The number of hydrogen-bond acceptors (Lipinski definition) is 1. The molecule has 0 aromatic heterocycles. The lowest BCUT2D eigenvalue weighted by Crippen LogP contribution is -2.29. The summed E-state index contributed by atoms with van der Waals surface area (Å²) in [5.41, 5.74) is 2.60. The highest BCUT2D eigenvalue weighted by atomic mass is 16.5. The van der Waals surface area contributed by atoms with Crippen molar-refractivity contribution in [2.75, 3.05) is 6.61 Å². The third-order valence-electron chi connectivity index (χ3n) is 4.26. The lowest BCUT2D eigenvalue weighted by molar-refractivity contribution is 0.0425. The van der Waals surface area contributed by atoms with Crippen LogP contribution in [0.4, 0.5) is 0 Å². The van der Waals surface area contributed by atoms with Gasteiger partial charge in [-0.3, -0.25) is 0 Å². The van der Waals surface area contributed by atoms with Crippen LogP contribution in [-0.2, 0) is 10.3 Å². The average Bonchev–Trinajstić information content (AvgIpc) is 2.73. The quantitative estimate of drug-likeness (QED) is 0.525. The van der Waals surface area contributed by atoms with Crippen LogP contribution in [0.2, 0.25) is 0 Å². The van der Waals surface area contributed by atoms with Crippen molar-refractivity contribution in [3.05, 3.63) is 114 Å². The Hall–Kier alpha value is -3.08. The van der Waals surface area contributed by atoms with Crippen LogP contribution in [0.1, 0.15) is 23.6 Å². The van der Waals surface area contributed by atoms with Gasteiger partial charge in [-0.2, -0.15) is 0 Å². The predicted molar refractivity (Wildman–Crippen MR) is 109 cm³/mol. The van der Waals surface area contributed by atoms with E-state index in [0.29, 0.717) is 6.61 Å². The molecule has 3 aromatic carbocycles. The Labute approximate surface area is 156 Å². The first-order valence-corrected chi connectivity index (χ1v) is 8.74. The van der Waals surface area contributed by atoms with Crippen LogP contribution in [0, 0.1) is 11.8 Å². The van der Waals surface area contributed by atoms with Crippen molar-refractivity contribution in [2.24, 2.45) is 0 Å². The van der Waals surface area contributed by atoms with E-state index in [4.69, 9.17) is 4.74 Å². The summed E-state index contributed by atoms with van der Waals surface area (Å²) < 4.78 is 6.40. The Balaban J connectivity index is 2.13. The summed E-state index contributed by atoms with van der Waals surface area (Å²) in [4.78, 5) is 0. The van der Waals surface area contributed by atoms with E-state index in [1.165, 1.54) is 0 Å². The zero-order valence-electron chi connectivity index (χ0n) is 14.9. The van der Waals surface area contributed by atoms with Gasteiger partial charge in [-0.1, -0.05) is 103 Å². The Morgan fingerprint density at radius 1 is 0.769 bits per heavy atom. The molecule has 0 bridgehead atoms. The molecular weight excluding hydrogens is 316 g/mol. The molecule has 0 aliphatic rings. The zero-order chi connectivity index (χ0) is 18.1. The predicted octanol–water partition coefficient (Wildman–Crippen LogP) is 5.68. The second-order valence-electron chi connectivity index (χ2n) is 5.93. The first-order chi connectivity index (χ1) is 12.8. The second kappa shape index (κ2) is 8.85. The van der Waals surface area contributed by atoms with Gasteiger partial charge in [0.15, 0.2) is 0 Å². The van der Waals surface area contributed by atoms with Crippen LogP contribution in [0.3, 0.4) is 0 Å². The van der Waals surface area contributed by atoms with Crippen LogP contribution >= 0.6 is 0 Å². The van der Waals surface area contributed by atoms with Crippen LogP contribution in [-0.4, -0.2) is 6.61 Å². The minimum absolute atomic E-state index is 0.361. The van der Waals surface area contributed by atoms with Gasteiger partial charge in [-0.25, -0.2) is 0 Å². The molecule has 3 aromatic rings. The van der Waals surface area contributed by atoms with Gasteiger partial charge in [0.25, 0.3) is 0 Å². The molecule has 0 fully saturated rings. The molecule has 0 atom stereocenters. The average molecular weight is 338 g/mol. The molecule has 0 saturated carbocycles. The van der Waals surface area contributed by atoms with Crippen molar-refractivity contribution in [3.63, 3.8) is 0 Å². The third kappa shape index (κ3) is 4.11. The summed E-state index contributed by atoms with van der Waals surface area (Å²) in [5.74, 6) is 5.95. The van der Waals surface area contributed by atoms with Gasteiger partial charge in [-0.15, -0.1) is 5.92 Å². The molecule has 0 radical (unpaired) electrons. The van der Waals surface area contributed by atoms with Crippen molar-refractivity contribution in [3.8, 4) is 11.8 Å². The number of rotatable bonds is 6. The van der Waals surface area contributed by atoms with Gasteiger partial charge in [0.05, 0.1) is 0 Å². The van der Waals surface area contributed by atoms with Crippen LogP contribution < -0.4 is 0 Å². The largest absolute Gasteiger partial charge is 0.349 e. The number of benzene rings is 3. The smallest absolute Gasteiger partial charge is 0.138 e. The summed E-state index contributed by atoms with van der Waals surface area (Å²) in [6.45, 7) is 2.19. The van der Waals surface area contributed by atoms with Crippen molar-refractivity contribution in [2.45, 2.75) is 12.5 Å². The fraction of sp³-hybridized carbons (Fsp3) is 0.120. The lowest BCUT2D eigenvalue weighted by atomic mass is 9.85. The standard InChI is InChI=1S/C25H22O/c1-2-3-21-26-25(23-15-9-5-10-16-23,24-17-11-6-12-18-24)20-19-22-13-7-4-8-14-22/h4-20H,21H2,1H3/b20-19+. The Morgan fingerprint density at radius 2 is 1.27 bits per heavy atom. The third-order valence-corrected chi connectivity index (χ3v) is 4.26. The van der Waals surface area contributed by atoms with Gasteiger partial charge in [0.1, 0.15) is 12.2 Å². The summed E-state index contributed by atoms with van der Waals surface area (Å²) in [6, 6.07) is 30.9. The molecule has 1 heteroatoms. The maximum Gasteiger partial charge on any atom is 0.138 e. The summed E-state index contributed by atoms with van der Waals surface area (Å²) in [6.07, 6.45) is 4.24. The fourth-order valence-corrected chi connectivity index (χ4v) is 2.95. The van der Waals surface area contributed by atoms with E-state index >= 15 is 0 Å². The highest BCUT2D eigenvalue weighted by Crippen LogP contribution is 2.36. The number of hydrogen-bond donors (Lipinski definition) is 0. The maximum absolute atomic E-state index is 6.40. The van der Waals surface area contributed by atoms with Gasteiger partial charge >= 0.3 is 0 Å². The van der Waals surface area contributed by atoms with Gasteiger partial charge in [-0.05, 0) is 29.7 Å². The van der Waals surface area contributed by atoms with Crippen LogP contribution in [0.25, 0.3) is 6.08 Å². The van der Waals surface area contributed by atoms with E-state index in [2.05, 4.69) is 60.4 Å². The molecule has 0 unspecified atom stereocenters. The molecule has 1 nitrogen and oxygen atoms in total. The zero-order valence-corrected chi connectivity index (χ0v) is 14.9. The summed E-state index contributed by atoms with van der Waals surface area (Å²) in [7, 11) is 0. The maximum atomic E-state index is 6.40. The monoisotopic (exact) mass is 338 g/mol. The molecule has 3 rings (SSSR count). The second-order valence-corrected chi connectivity index (χ2v) is 5.93. The van der Waals surface area contributed by atoms with Crippen molar-refractivity contribution >= 4 is 6.08 Å². The molecule has 0 aliphatic heterocycles. The Kier molecular flexibility index (Phi) is 6.04. The summed E-state index contributed by atoms with van der Waals surface area (Å²) in [5, 5.41) is 0. The topological polar surface area (TPSA) is 9.23 Å². The van der Waals surface area contributed by atoms with Crippen molar-refractivity contribution in [1.29, 1.82) is 0 Å². The molecule has 0 aliphatic carbocycles. The highest BCUT2D eigenvalue weighted by Gasteiger charge is 2.32. The van der Waals surface area contributed by atoms with Gasteiger partial charge in [0, 0.05) is 0 Å². The van der Waals surface area contributed by atoms with Crippen LogP contribution in [0.5, 0.6) is 0 Å². The van der Waals surface area contributed by atoms with Crippen molar-refractivity contribution < 1.29 is 4.74 Å². The van der Waals surface area contributed by atoms with Crippen LogP contribution in [0.15, 0.2) is 97.1 Å². The van der Waals surface area contributed by atoms with Gasteiger partial charge in [0.2, 0.25) is 0 Å². The molecule has 128 valence electrons. The molecule has 0 heterocycles. The fourth-order valence-electron chi connectivity index (χ4n) is 2.95. The molecule has 0 spiro atoms. The minimum atomic E-state index is -0.692. The lowest BCUT2D eigenvalue weighted by Gasteiger charge is -2.31. The van der Waals surface area contributed by atoms with Gasteiger partial charge < -0.3 is 4.74 Å². The Morgan fingerprint density at radius 3 is 1.77 bits per heavy atom. The first-order valence-electron chi connectivity index (χ1n) is 8.74. The Bertz CT molecular complexity index is 845. The first kappa shape index (κ1) is 17.7. The molecule has 0 saturated heterocycles. The summed E-state index contributed by atoms with van der Waals surface area (Å²) >= 11 is 0. The molecule has 0 N–H and O–H groups in total. The van der Waals surface area contributed by atoms with E-state index < -0.39 is 5.60 Å². The van der Waals surface area contributed by atoms with E-state index in [1.807, 2.05) is 61.5 Å². The van der Waals surface area contributed by atoms with Crippen molar-refractivity contribution in [1.82, 2.24) is 0 Å². The molecular formula is C25H22O. The SMILES string of the molecule is CC#CCOC(/C=C/c1ccccc1)(c1ccccc1)c1ccccc1. The van der Waals surface area contributed by atoms with E-state index in [9.17, 15) is 0 Å². The molecule has 0 amide bonds. The normalized spacial score (nSPS) is 11.1. The molecule has 26 heavy (non-hydrogen) atoms. The van der Waals surface area contributed by atoms with E-state index in [-0.39, 0.29) is 0 Å². The highest BCUT2D eigenvalue weighted by molar-refractivity contribution is 5.55. The number of ether oxygens (including phenoxy) is 1.